The molecule has 0 fully saturated rings. The number of benzene rings is 1. The van der Waals surface area contributed by atoms with E-state index in [-0.39, 0.29) is 6.42 Å². The van der Waals surface area contributed by atoms with Crippen LogP contribution in [-0.4, -0.2) is 20.5 Å². The molecule has 4 nitrogen and oxygen atoms in total. The van der Waals surface area contributed by atoms with Crippen LogP contribution in [0.3, 0.4) is 0 Å². The zero-order valence-electron chi connectivity index (χ0n) is 12.1. The maximum atomic E-state index is 10.9. The number of halogens is 1. The lowest BCUT2D eigenvalue weighted by Crippen LogP contribution is -2.01. The van der Waals surface area contributed by atoms with Crippen LogP contribution in [0, 0.1) is 6.92 Å². The van der Waals surface area contributed by atoms with Gasteiger partial charge in [0.1, 0.15) is 5.65 Å². The van der Waals surface area contributed by atoms with Crippen LogP contribution < -0.4 is 0 Å². The Morgan fingerprint density at radius 1 is 1.23 bits per heavy atom. The Morgan fingerprint density at radius 3 is 2.64 bits per heavy atom. The fourth-order valence-corrected chi connectivity index (χ4v) is 2.63. The van der Waals surface area contributed by atoms with Crippen LogP contribution in [0.5, 0.6) is 0 Å². The summed E-state index contributed by atoms with van der Waals surface area (Å²) in [4.78, 5) is 15.6. The summed E-state index contributed by atoms with van der Waals surface area (Å²) in [6.45, 7) is 2.03. The van der Waals surface area contributed by atoms with E-state index in [4.69, 9.17) is 16.7 Å². The summed E-state index contributed by atoms with van der Waals surface area (Å²) in [5.74, 6) is -0.827. The quantitative estimate of drug-likeness (QED) is 0.792. The number of hydrogen-bond acceptors (Lipinski definition) is 2. The van der Waals surface area contributed by atoms with Crippen molar-refractivity contribution in [2.45, 2.75) is 19.8 Å². The number of pyridine rings is 1. The predicted octanol–water partition coefficient (Wildman–Crippen LogP) is 3.98. The molecule has 0 spiro atoms. The highest BCUT2D eigenvalue weighted by Gasteiger charge is 2.15. The van der Waals surface area contributed by atoms with Gasteiger partial charge in [0, 0.05) is 18.2 Å². The molecule has 0 aliphatic rings. The fraction of sp³-hybridized carbons (Fsp3) is 0.176. The zero-order valence-corrected chi connectivity index (χ0v) is 12.8. The van der Waals surface area contributed by atoms with Gasteiger partial charge < -0.3 is 9.51 Å². The molecule has 0 radical (unpaired) electrons. The summed E-state index contributed by atoms with van der Waals surface area (Å²) < 4.78 is 1.88. The highest BCUT2D eigenvalue weighted by Crippen LogP contribution is 2.27. The van der Waals surface area contributed by atoms with Gasteiger partial charge in [-0.2, -0.15) is 0 Å². The molecule has 0 unspecified atom stereocenters. The van der Waals surface area contributed by atoms with Crippen LogP contribution in [0.4, 0.5) is 0 Å². The van der Waals surface area contributed by atoms with Crippen LogP contribution in [0.25, 0.3) is 16.9 Å². The van der Waals surface area contributed by atoms with E-state index in [0.29, 0.717) is 11.4 Å². The van der Waals surface area contributed by atoms with E-state index < -0.39 is 5.97 Å². The van der Waals surface area contributed by atoms with Crippen molar-refractivity contribution in [2.24, 2.45) is 0 Å². The predicted molar refractivity (Wildman–Crippen MR) is 86.3 cm³/mol. The average molecular weight is 315 g/mol. The van der Waals surface area contributed by atoms with E-state index in [1.807, 2.05) is 41.7 Å². The number of carbonyl (C=O) groups is 1. The molecule has 2 heterocycles. The molecule has 0 saturated heterocycles. The molecule has 112 valence electrons. The molecule has 1 N–H and O–H groups in total. The van der Waals surface area contributed by atoms with Crippen molar-refractivity contribution in [2.75, 3.05) is 0 Å². The Balaban J connectivity index is 2.16. The number of hydrogen-bond donors (Lipinski definition) is 1. The number of nitrogens with zero attached hydrogens (tertiary/aromatic N) is 2. The molecule has 1 aromatic carbocycles. The minimum atomic E-state index is -0.827. The number of imidazole rings is 1. The Bertz CT molecular complexity index is 838. The summed E-state index contributed by atoms with van der Waals surface area (Å²) in [7, 11) is 0. The van der Waals surface area contributed by atoms with E-state index in [0.717, 1.165) is 22.6 Å². The van der Waals surface area contributed by atoms with Gasteiger partial charge in [0.15, 0.2) is 0 Å². The molecular weight excluding hydrogens is 300 g/mol. The molecule has 0 aliphatic heterocycles. The third-order valence-corrected chi connectivity index (χ3v) is 3.81. The second-order valence-electron chi connectivity index (χ2n) is 5.24. The molecule has 0 atom stereocenters. The van der Waals surface area contributed by atoms with Crippen molar-refractivity contribution >= 4 is 23.2 Å². The van der Waals surface area contributed by atoms with Crippen molar-refractivity contribution in [1.29, 1.82) is 0 Å². The molecular formula is C17H15ClN2O2. The molecule has 3 rings (SSSR count). The van der Waals surface area contributed by atoms with E-state index in [2.05, 4.69) is 4.98 Å². The summed E-state index contributed by atoms with van der Waals surface area (Å²) in [6, 6.07) is 11.7. The highest BCUT2D eigenvalue weighted by atomic mass is 35.5. The smallest absolute Gasteiger partial charge is 0.303 e. The van der Waals surface area contributed by atoms with Crippen molar-refractivity contribution < 1.29 is 9.90 Å². The van der Waals surface area contributed by atoms with Gasteiger partial charge in [0.2, 0.25) is 0 Å². The third kappa shape index (κ3) is 2.83. The SMILES string of the molecule is Cc1ccc(-c2nc3ccc(Cl)cn3c2CCC(=O)O)cc1. The van der Waals surface area contributed by atoms with Gasteiger partial charge in [-0.25, -0.2) is 4.98 Å². The van der Waals surface area contributed by atoms with E-state index in [1.165, 1.54) is 5.56 Å². The summed E-state index contributed by atoms with van der Waals surface area (Å²) >= 11 is 6.06. The summed E-state index contributed by atoms with van der Waals surface area (Å²) in [6.07, 6.45) is 2.23. The number of aromatic nitrogens is 2. The normalized spacial score (nSPS) is 11.0. The van der Waals surface area contributed by atoms with Gasteiger partial charge >= 0.3 is 5.97 Å². The number of carboxylic acid groups (broad SMARTS) is 1. The minimum Gasteiger partial charge on any atom is -0.481 e. The van der Waals surface area contributed by atoms with Crippen LogP contribution in [0.1, 0.15) is 17.7 Å². The molecule has 0 aliphatic carbocycles. The molecule has 22 heavy (non-hydrogen) atoms. The largest absolute Gasteiger partial charge is 0.481 e. The van der Waals surface area contributed by atoms with Crippen LogP contribution in [-0.2, 0) is 11.2 Å². The first-order valence-electron chi connectivity index (χ1n) is 7.00. The van der Waals surface area contributed by atoms with Gasteiger partial charge in [-0.05, 0) is 19.1 Å². The number of rotatable bonds is 4. The van der Waals surface area contributed by atoms with Crippen LogP contribution >= 0.6 is 11.6 Å². The van der Waals surface area contributed by atoms with E-state index >= 15 is 0 Å². The van der Waals surface area contributed by atoms with Gasteiger partial charge in [-0.1, -0.05) is 41.4 Å². The first-order valence-corrected chi connectivity index (χ1v) is 7.38. The number of aryl methyl sites for hydroxylation is 2. The van der Waals surface area contributed by atoms with Gasteiger partial charge in [0.25, 0.3) is 0 Å². The molecule has 0 saturated carbocycles. The van der Waals surface area contributed by atoms with Crippen LogP contribution in [0.2, 0.25) is 5.02 Å². The minimum absolute atomic E-state index is 0.0547. The van der Waals surface area contributed by atoms with Gasteiger partial charge in [0.05, 0.1) is 22.8 Å². The van der Waals surface area contributed by atoms with Crippen molar-refractivity contribution in [3.63, 3.8) is 0 Å². The topological polar surface area (TPSA) is 54.6 Å². The lowest BCUT2D eigenvalue weighted by molar-refractivity contribution is -0.136. The second-order valence-corrected chi connectivity index (χ2v) is 5.68. The summed E-state index contributed by atoms with van der Waals surface area (Å²) in [5, 5.41) is 9.58. The van der Waals surface area contributed by atoms with E-state index in [1.54, 1.807) is 12.3 Å². The fourth-order valence-electron chi connectivity index (χ4n) is 2.47. The standard InChI is InChI=1S/C17H15ClN2O2/c1-11-2-4-12(5-3-11)17-14(7-9-16(21)22)20-10-13(18)6-8-15(20)19-17/h2-6,8,10H,7,9H2,1H3,(H,21,22). The average Bonchev–Trinajstić information content (AvgIpc) is 2.83. The maximum Gasteiger partial charge on any atom is 0.303 e. The van der Waals surface area contributed by atoms with Crippen LogP contribution in [0.15, 0.2) is 42.6 Å². The zero-order chi connectivity index (χ0) is 15.7. The first-order chi connectivity index (χ1) is 10.5. The van der Waals surface area contributed by atoms with Crippen molar-refractivity contribution in [3.8, 4) is 11.3 Å². The Labute approximate surface area is 133 Å². The first kappa shape index (κ1) is 14.6. The molecule has 2 aromatic heterocycles. The third-order valence-electron chi connectivity index (χ3n) is 3.58. The van der Waals surface area contributed by atoms with Crippen molar-refractivity contribution in [1.82, 2.24) is 9.38 Å². The Morgan fingerprint density at radius 2 is 1.95 bits per heavy atom. The molecule has 3 aromatic rings. The number of carboxylic acids is 1. The summed E-state index contributed by atoms with van der Waals surface area (Å²) in [5.41, 5.74) is 4.58. The lowest BCUT2D eigenvalue weighted by Gasteiger charge is -2.05. The highest BCUT2D eigenvalue weighted by molar-refractivity contribution is 6.30. The van der Waals surface area contributed by atoms with Gasteiger partial charge in [-0.15, -0.1) is 0 Å². The van der Waals surface area contributed by atoms with Gasteiger partial charge in [-0.3, -0.25) is 4.79 Å². The number of fused-ring (bicyclic) bond motifs is 1. The Kier molecular flexibility index (Phi) is 3.86. The second kappa shape index (κ2) is 5.81. The molecule has 0 amide bonds. The lowest BCUT2D eigenvalue weighted by atomic mass is 10.1. The van der Waals surface area contributed by atoms with E-state index in [9.17, 15) is 4.79 Å². The Hall–Kier alpha value is -2.33. The molecule has 5 heteroatoms. The van der Waals surface area contributed by atoms with Crippen molar-refractivity contribution in [3.05, 3.63) is 58.9 Å². The number of aliphatic carboxylic acids is 1. The monoisotopic (exact) mass is 314 g/mol. The molecule has 0 bridgehead atoms. The maximum absolute atomic E-state index is 10.9.